The van der Waals surface area contributed by atoms with Crippen molar-refractivity contribution in [1.82, 2.24) is 0 Å². The zero-order valence-corrected chi connectivity index (χ0v) is 17.6. The summed E-state index contributed by atoms with van der Waals surface area (Å²) in [6.07, 6.45) is -4.01. The zero-order chi connectivity index (χ0) is 22.7. The molecule has 1 fully saturated rings. The molecule has 1 aliphatic heterocycles. The van der Waals surface area contributed by atoms with Crippen LogP contribution in [0.5, 0.6) is 0 Å². The van der Waals surface area contributed by atoms with Gasteiger partial charge in [0.05, 0.1) is 25.4 Å². The van der Waals surface area contributed by atoms with Crippen molar-refractivity contribution in [3.8, 4) is 0 Å². The monoisotopic (exact) mass is 448 g/mol. The highest BCUT2D eigenvalue weighted by atomic mass is 19.4. The molecule has 0 atom stereocenters. The van der Waals surface area contributed by atoms with Crippen LogP contribution in [0.4, 0.5) is 17.6 Å². The normalized spacial score (nSPS) is 19.4. The first kappa shape index (κ1) is 22.7. The van der Waals surface area contributed by atoms with Crippen LogP contribution in [-0.4, -0.2) is 26.9 Å². The van der Waals surface area contributed by atoms with Crippen molar-refractivity contribution in [2.75, 3.05) is 26.9 Å². The Morgan fingerprint density at radius 1 is 0.938 bits per heavy atom. The van der Waals surface area contributed by atoms with Gasteiger partial charge in [-0.15, -0.1) is 0 Å². The van der Waals surface area contributed by atoms with Crippen LogP contribution in [0.1, 0.15) is 28.5 Å². The Kier molecular flexibility index (Phi) is 6.79. The van der Waals surface area contributed by atoms with Crippen LogP contribution >= 0.6 is 0 Å². The van der Waals surface area contributed by atoms with Gasteiger partial charge >= 0.3 is 6.18 Å². The molecule has 3 aromatic rings. The molecule has 1 saturated heterocycles. The molecule has 32 heavy (non-hydrogen) atoms. The molecule has 0 spiro atoms. The van der Waals surface area contributed by atoms with Crippen LogP contribution in [0.3, 0.4) is 0 Å². The average Bonchev–Trinajstić information content (AvgIpc) is 2.79. The van der Waals surface area contributed by atoms with Gasteiger partial charge in [0.1, 0.15) is 5.82 Å². The van der Waals surface area contributed by atoms with Crippen LogP contribution < -0.4 is 0 Å². The average molecular weight is 448 g/mol. The van der Waals surface area contributed by atoms with E-state index in [1.54, 1.807) is 25.3 Å². The molecule has 0 bridgehead atoms. The molecule has 0 aromatic heterocycles. The molecule has 0 N–H and O–H groups in total. The minimum Gasteiger partial charge on any atom is -0.384 e. The predicted octanol–water partition coefficient (Wildman–Crippen LogP) is 6.09. The van der Waals surface area contributed by atoms with Gasteiger partial charge < -0.3 is 14.2 Å². The molecule has 3 nitrogen and oxygen atoms in total. The van der Waals surface area contributed by atoms with Crippen LogP contribution in [-0.2, 0) is 33.2 Å². The highest BCUT2D eigenvalue weighted by molar-refractivity contribution is 5.84. The van der Waals surface area contributed by atoms with Crippen LogP contribution in [0, 0.1) is 11.7 Å². The van der Waals surface area contributed by atoms with E-state index in [0.717, 1.165) is 28.6 Å². The van der Waals surface area contributed by atoms with E-state index in [4.69, 9.17) is 14.2 Å². The fraction of sp³-hybridized carbons (Fsp3) is 0.360. The lowest BCUT2D eigenvalue weighted by molar-refractivity contribution is -0.210. The molecule has 170 valence electrons. The summed E-state index contributed by atoms with van der Waals surface area (Å²) in [6.45, 7) is 1.65. The number of fused-ring (bicyclic) bond motifs is 1. The van der Waals surface area contributed by atoms with Crippen molar-refractivity contribution in [3.63, 3.8) is 0 Å². The van der Waals surface area contributed by atoms with Gasteiger partial charge in [0, 0.05) is 24.0 Å². The Labute approximate surface area is 183 Å². The number of alkyl halides is 3. The number of hydrogen-bond acceptors (Lipinski definition) is 3. The summed E-state index contributed by atoms with van der Waals surface area (Å²) in [5, 5.41) is 1.23. The number of aryl methyl sites for hydroxylation is 2. The van der Waals surface area contributed by atoms with E-state index in [9.17, 15) is 13.2 Å². The van der Waals surface area contributed by atoms with E-state index in [-0.39, 0.29) is 11.7 Å². The summed E-state index contributed by atoms with van der Waals surface area (Å²) in [4.78, 5) is 0. The number of halogens is 4. The minimum absolute atomic E-state index is 0.196. The molecule has 1 heterocycles. The Morgan fingerprint density at radius 2 is 1.66 bits per heavy atom. The van der Waals surface area contributed by atoms with Gasteiger partial charge in [-0.25, -0.2) is 4.39 Å². The van der Waals surface area contributed by atoms with Crippen molar-refractivity contribution in [3.05, 3.63) is 82.7 Å². The predicted molar refractivity (Wildman–Crippen MR) is 113 cm³/mol. The Balaban J connectivity index is 1.44. The molecule has 0 radical (unpaired) electrons. The summed E-state index contributed by atoms with van der Waals surface area (Å²) in [5.41, 5.74) is 1.39. The van der Waals surface area contributed by atoms with E-state index < -0.39 is 18.0 Å². The first-order valence-corrected chi connectivity index (χ1v) is 10.4. The molecule has 4 rings (SSSR count). The van der Waals surface area contributed by atoms with Crippen molar-refractivity contribution in [1.29, 1.82) is 0 Å². The lowest BCUT2D eigenvalue weighted by atomic mass is 9.98. The maximum absolute atomic E-state index is 15.1. The molecular weight excluding hydrogens is 424 g/mol. The first-order valence-electron chi connectivity index (χ1n) is 10.4. The van der Waals surface area contributed by atoms with Gasteiger partial charge in [-0.2, -0.15) is 13.2 Å². The minimum atomic E-state index is -4.36. The van der Waals surface area contributed by atoms with Gasteiger partial charge in [-0.1, -0.05) is 36.4 Å². The summed E-state index contributed by atoms with van der Waals surface area (Å²) in [7, 11) is 1.64. The number of benzene rings is 3. The Morgan fingerprint density at radius 3 is 2.31 bits per heavy atom. The van der Waals surface area contributed by atoms with Crippen molar-refractivity contribution in [2.45, 2.75) is 25.3 Å². The summed E-state index contributed by atoms with van der Waals surface area (Å²) in [5.74, 6) is -0.118. The van der Waals surface area contributed by atoms with E-state index in [0.29, 0.717) is 43.6 Å². The third-order valence-electron chi connectivity index (χ3n) is 5.66. The van der Waals surface area contributed by atoms with Crippen molar-refractivity contribution >= 4 is 10.8 Å². The maximum Gasteiger partial charge on any atom is 0.416 e. The van der Waals surface area contributed by atoms with Crippen LogP contribution in [0.2, 0.25) is 0 Å². The lowest BCUT2D eigenvalue weighted by Crippen LogP contribution is -2.29. The summed E-state index contributed by atoms with van der Waals surface area (Å²) in [6, 6.07) is 13.9. The molecule has 7 heteroatoms. The van der Waals surface area contributed by atoms with Crippen LogP contribution in [0.25, 0.3) is 10.8 Å². The Hall–Kier alpha value is -2.48. The van der Waals surface area contributed by atoms with Gasteiger partial charge in [0.25, 0.3) is 0 Å². The third-order valence-corrected chi connectivity index (χ3v) is 5.66. The second kappa shape index (κ2) is 9.57. The third kappa shape index (κ3) is 5.11. The quantitative estimate of drug-likeness (QED) is 0.427. The highest BCUT2D eigenvalue weighted by Gasteiger charge is 2.30. The van der Waals surface area contributed by atoms with E-state index in [2.05, 4.69) is 0 Å². The largest absolute Gasteiger partial charge is 0.416 e. The maximum atomic E-state index is 15.1. The van der Waals surface area contributed by atoms with Gasteiger partial charge in [0.15, 0.2) is 6.29 Å². The number of hydrogen-bond donors (Lipinski definition) is 0. The van der Waals surface area contributed by atoms with Gasteiger partial charge in [-0.3, -0.25) is 0 Å². The molecular formula is C25H24F4O3. The number of methoxy groups -OCH3 is 1. The van der Waals surface area contributed by atoms with Gasteiger partial charge in [0.2, 0.25) is 0 Å². The molecule has 0 aliphatic carbocycles. The fourth-order valence-electron chi connectivity index (χ4n) is 3.90. The number of rotatable bonds is 6. The standard InChI is InChI=1S/C25H24F4O3/c1-30-13-17-14-31-24(32-15-17)20-8-11-22-19(12-20)7-6-18(23(22)26)5-2-16-3-9-21(10-4-16)25(27,28)29/h3-4,6-12,17,24H,2,5,13-15H2,1H3. The summed E-state index contributed by atoms with van der Waals surface area (Å²) < 4.78 is 69.9. The number of ether oxygens (including phenoxy) is 3. The lowest BCUT2D eigenvalue weighted by Gasteiger charge is -2.29. The molecule has 0 saturated carbocycles. The second-order valence-corrected chi connectivity index (χ2v) is 8.03. The van der Waals surface area contributed by atoms with Crippen LogP contribution in [0.15, 0.2) is 54.6 Å². The smallest absolute Gasteiger partial charge is 0.384 e. The Bertz CT molecular complexity index is 1060. The summed E-state index contributed by atoms with van der Waals surface area (Å²) >= 11 is 0. The highest BCUT2D eigenvalue weighted by Crippen LogP contribution is 2.31. The first-order chi connectivity index (χ1) is 15.3. The van der Waals surface area contributed by atoms with Crippen molar-refractivity contribution in [2.24, 2.45) is 5.92 Å². The molecule has 0 unspecified atom stereocenters. The van der Waals surface area contributed by atoms with E-state index in [1.165, 1.54) is 12.1 Å². The van der Waals surface area contributed by atoms with Crippen molar-refractivity contribution < 1.29 is 31.8 Å². The van der Waals surface area contributed by atoms with E-state index in [1.807, 2.05) is 12.1 Å². The topological polar surface area (TPSA) is 27.7 Å². The zero-order valence-electron chi connectivity index (χ0n) is 17.6. The molecule has 0 amide bonds. The second-order valence-electron chi connectivity index (χ2n) is 8.03. The SMILES string of the molecule is COCC1COC(c2ccc3c(F)c(CCc4ccc(C(F)(F)F)cc4)ccc3c2)OC1. The van der Waals surface area contributed by atoms with Gasteiger partial charge in [-0.05, 0) is 47.6 Å². The van der Waals surface area contributed by atoms with E-state index >= 15 is 4.39 Å². The molecule has 3 aromatic carbocycles. The fourth-order valence-corrected chi connectivity index (χ4v) is 3.90. The molecule has 1 aliphatic rings.